The van der Waals surface area contributed by atoms with Crippen LogP contribution in [0.5, 0.6) is 5.75 Å². The number of aromatic nitrogens is 3. The Bertz CT molecular complexity index is 1190. The van der Waals surface area contributed by atoms with Gasteiger partial charge in [-0.15, -0.1) is 13.2 Å². The van der Waals surface area contributed by atoms with E-state index in [1.165, 1.54) is 23.7 Å². The number of nitrogens with two attached hydrogens (primary N) is 1. The fraction of sp³-hybridized carbons (Fsp3) is 0.300. The molecule has 10 nitrogen and oxygen atoms in total. The van der Waals surface area contributed by atoms with Gasteiger partial charge in [0.05, 0.1) is 22.8 Å². The van der Waals surface area contributed by atoms with Gasteiger partial charge in [-0.2, -0.15) is 5.10 Å². The van der Waals surface area contributed by atoms with E-state index in [9.17, 15) is 22.8 Å². The van der Waals surface area contributed by atoms with Crippen molar-refractivity contribution in [2.45, 2.75) is 25.9 Å². The summed E-state index contributed by atoms with van der Waals surface area (Å²) in [5.74, 6) is -0.501. The number of alkyl halides is 3. The zero-order valence-electron chi connectivity index (χ0n) is 17.3. The van der Waals surface area contributed by atoms with Gasteiger partial charge in [-0.1, -0.05) is 0 Å². The second-order valence-electron chi connectivity index (χ2n) is 7.34. The van der Waals surface area contributed by atoms with Crippen LogP contribution in [0, 0.1) is 0 Å². The van der Waals surface area contributed by atoms with Gasteiger partial charge in [-0.3, -0.25) is 4.79 Å². The summed E-state index contributed by atoms with van der Waals surface area (Å²) >= 11 is 0. The van der Waals surface area contributed by atoms with Gasteiger partial charge >= 0.3 is 12.5 Å². The first-order valence-electron chi connectivity index (χ1n) is 9.78. The van der Waals surface area contributed by atoms with Crippen molar-refractivity contribution in [2.24, 2.45) is 5.73 Å². The molecule has 1 aromatic carbocycles. The summed E-state index contributed by atoms with van der Waals surface area (Å²) in [5.41, 5.74) is 7.05. The number of halogens is 3. The van der Waals surface area contributed by atoms with E-state index in [-0.39, 0.29) is 24.3 Å². The Labute approximate surface area is 185 Å². The van der Waals surface area contributed by atoms with Gasteiger partial charge < -0.3 is 25.4 Å². The molecule has 4 rings (SSSR count). The smallest absolute Gasteiger partial charge is 0.443 e. The molecule has 3 N–H and O–H groups in total. The zero-order valence-corrected chi connectivity index (χ0v) is 17.3. The predicted molar refractivity (Wildman–Crippen MR) is 110 cm³/mol. The molecule has 174 valence electrons. The summed E-state index contributed by atoms with van der Waals surface area (Å²) in [6.45, 7) is 2.34. The number of hydrogen-bond acceptors (Lipinski definition) is 7. The van der Waals surface area contributed by atoms with E-state index in [1.807, 2.05) is 4.90 Å². The largest absolute Gasteiger partial charge is 0.573 e. The Kier molecular flexibility index (Phi) is 5.70. The molecule has 1 saturated heterocycles. The maximum absolute atomic E-state index is 12.5. The van der Waals surface area contributed by atoms with Crippen LogP contribution in [-0.2, 0) is 16.1 Å². The Morgan fingerprint density at radius 3 is 2.52 bits per heavy atom. The molecular weight excluding hydrogens is 445 g/mol. The van der Waals surface area contributed by atoms with Crippen LogP contribution in [-0.4, -0.2) is 52.3 Å². The monoisotopic (exact) mass is 464 g/mol. The van der Waals surface area contributed by atoms with Crippen molar-refractivity contribution in [3.63, 3.8) is 0 Å². The SMILES string of the molecule is CC(=O)NC1CN(c2ccnc3c2c(COC(N)=O)nn3-c2ccc(OC(F)(F)F)cc2)C1. The van der Waals surface area contributed by atoms with Crippen molar-refractivity contribution in [2.75, 3.05) is 18.0 Å². The van der Waals surface area contributed by atoms with E-state index >= 15 is 0 Å². The van der Waals surface area contributed by atoms with Crippen molar-refractivity contribution >= 4 is 28.7 Å². The third-order valence-electron chi connectivity index (χ3n) is 4.91. The number of benzene rings is 1. The summed E-state index contributed by atoms with van der Waals surface area (Å²) < 4.78 is 47.6. The normalized spacial score (nSPS) is 14.1. The van der Waals surface area contributed by atoms with Gasteiger partial charge in [0.15, 0.2) is 5.65 Å². The van der Waals surface area contributed by atoms with Crippen LogP contribution in [0.2, 0.25) is 0 Å². The summed E-state index contributed by atoms with van der Waals surface area (Å²) in [4.78, 5) is 28.8. The van der Waals surface area contributed by atoms with E-state index in [4.69, 9.17) is 10.5 Å². The summed E-state index contributed by atoms with van der Waals surface area (Å²) in [5, 5.41) is 7.90. The highest BCUT2D eigenvalue weighted by Crippen LogP contribution is 2.33. The minimum atomic E-state index is -4.80. The minimum Gasteiger partial charge on any atom is -0.443 e. The molecule has 0 bridgehead atoms. The number of nitrogens with zero attached hydrogens (tertiary/aromatic N) is 4. The van der Waals surface area contributed by atoms with E-state index in [0.29, 0.717) is 35.5 Å². The number of carbonyl (C=O) groups is 2. The maximum atomic E-state index is 12.5. The van der Waals surface area contributed by atoms with Crippen LogP contribution in [0.1, 0.15) is 12.6 Å². The molecule has 0 aliphatic carbocycles. The molecule has 13 heteroatoms. The second-order valence-corrected chi connectivity index (χ2v) is 7.34. The van der Waals surface area contributed by atoms with Crippen molar-refractivity contribution < 1.29 is 32.2 Å². The predicted octanol–water partition coefficient (Wildman–Crippen LogP) is 2.24. The molecule has 0 spiro atoms. The molecule has 0 unspecified atom stereocenters. The fourth-order valence-electron chi connectivity index (χ4n) is 3.62. The lowest BCUT2D eigenvalue weighted by Gasteiger charge is -2.41. The van der Waals surface area contributed by atoms with Crippen molar-refractivity contribution in [1.82, 2.24) is 20.1 Å². The Morgan fingerprint density at radius 1 is 1.21 bits per heavy atom. The third-order valence-corrected chi connectivity index (χ3v) is 4.91. The minimum absolute atomic E-state index is 0.00717. The molecule has 3 aromatic rings. The van der Waals surface area contributed by atoms with E-state index in [0.717, 1.165) is 17.8 Å². The molecule has 0 radical (unpaired) electrons. The summed E-state index contributed by atoms with van der Waals surface area (Å²) in [6, 6.07) is 6.88. The van der Waals surface area contributed by atoms with Crippen LogP contribution < -0.4 is 20.7 Å². The molecule has 3 heterocycles. The molecule has 0 saturated carbocycles. The average molecular weight is 464 g/mol. The van der Waals surface area contributed by atoms with Gasteiger partial charge in [-0.25, -0.2) is 14.5 Å². The average Bonchev–Trinajstić information content (AvgIpc) is 3.07. The highest BCUT2D eigenvalue weighted by molar-refractivity contribution is 5.93. The van der Waals surface area contributed by atoms with Crippen LogP contribution in [0.15, 0.2) is 36.5 Å². The van der Waals surface area contributed by atoms with Crippen LogP contribution in [0.4, 0.5) is 23.7 Å². The summed E-state index contributed by atoms with van der Waals surface area (Å²) in [6.07, 6.45) is -4.21. The first kappa shape index (κ1) is 22.2. The lowest BCUT2D eigenvalue weighted by molar-refractivity contribution is -0.274. The Hall–Kier alpha value is -4.03. The Balaban J connectivity index is 1.71. The van der Waals surface area contributed by atoms with E-state index < -0.39 is 12.5 Å². The number of ether oxygens (including phenoxy) is 2. The molecule has 1 aliphatic rings. The number of carbonyl (C=O) groups excluding carboxylic acids is 2. The number of anilines is 1. The van der Waals surface area contributed by atoms with Crippen LogP contribution in [0.3, 0.4) is 0 Å². The van der Waals surface area contributed by atoms with Gasteiger partial charge in [0.25, 0.3) is 0 Å². The van der Waals surface area contributed by atoms with E-state index in [2.05, 4.69) is 20.1 Å². The second kappa shape index (κ2) is 8.48. The van der Waals surface area contributed by atoms with Crippen molar-refractivity contribution in [3.8, 4) is 11.4 Å². The molecule has 2 aromatic heterocycles. The van der Waals surface area contributed by atoms with Crippen molar-refractivity contribution in [1.29, 1.82) is 0 Å². The standard InChI is InChI=1S/C20H19F3N6O4/c1-11(30)26-12-8-28(9-12)16-6-7-25-18-17(16)15(10-32-19(24)31)27-29(18)13-2-4-14(5-3-13)33-20(21,22)23/h2-7,12H,8-10H2,1H3,(H2,24,31)(H,26,30). The quantitative estimate of drug-likeness (QED) is 0.573. The number of hydrogen-bond donors (Lipinski definition) is 2. The van der Waals surface area contributed by atoms with Gasteiger partial charge in [0, 0.05) is 26.2 Å². The lowest BCUT2D eigenvalue weighted by atomic mass is 10.1. The summed E-state index contributed by atoms with van der Waals surface area (Å²) in [7, 11) is 0. The number of pyridine rings is 1. The third kappa shape index (κ3) is 4.91. The number of primary amides is 1. The fourth-order valence-corrected chi connectivity index (χ4v) is 3.62. The first-order chi connectivity index (χ1) is 15.6. The molecule has 2 amide bonds. The molecule has 33 heavy (non-hydrogen) atoms. The van der Waals surface area contributed by atoms with E-state index in [1.54, 1.807) is 12.3 Å². The van der Waals surface area contributed by atoms with Crippen molar-refractivity contribution in [3.05, 3.63) is 42.2 Å². The topological polar surface area (TPSA) is 125 Å². The number of fused-ring (bicyclic) bond motifs is 1. The zero-order chi connectivity index (χ0) is 23.8. The number of rotatable bonds is 6. The van der Waals surface area contributed by atoms with Crippen LogP contribution >= 0.6 is 0 Å². The van der Waals surface area contributed by atoms with Gasteiger partial charge in [-0.05, 0) is 30.3 Å². The maximum Gasteiger partial charge on any atom is 0.573 e. The highest BCUT2D eigenvalue weighted by atomic mass is 19.4. The number of amides is 2. The molecule has 0 atom stereocenters. The first-order valence-corrected chi connectivity index (χ1v) is 9.78. The molecule has 1 aliphatic heterocycles. The Morgan fingerprint density at radius 2 is 1.91 bits per heavy atom. The lowest BCUT2D eigenvalue weighted by Crippen LogP contribution is -2.59. The van der Waals surface area contributed by atoms with Crippen LogP contribution in [0.25, 0.3) is 16.7 Å². The molecule has 1 fully saturated rings. The molecular formula is C20H19F3N6O4. The van der Waals surface area contributed by atoms with Gasteiger partial charge in [0.1, 0.15) is 18.1 Å². The van der Waals surface area contributed by atoms with Gasteiger partial charge in [0.2, 0.25) is 5.91 Å². The highest BCUT2D eigenvalue weighted by Gasteiger charge is 2.32. The number of nitrogens with one attached hydrogen (secondary N) is 1.